The molecule has 2 fully saturated rings. The van der Waals surface area contributed by atoms with Gasteiger partial charge in [0.2, 0.25) is 0 Å². The fourth-order valence-corrected chi connectivity index (χ4v) is 3.11. The van der Waals surface area contributed by atoms with Gasteiger partial charge in [-0.15, -0.1) is 0 Å². The normalized spacial score (nSPS) is 22.2. The summed E-state index contributed by atoms with van der Waals surface area (Å²) in [4.78, 5) is 0. The van der Waals surface area contributed by atoms with Gasteiger partial charge in [-0.1, -0.05) is 12.1 Å². The third kappa shape index (κ3) is 3.30. The zero-order valence-corrected chi connectivity index (χ0v) is 11.9. The first-order chi connectivity index (χ1) is 9.18. The Balaban J connectivity index is 1.39. The van der Waals surface area contributed by atoms with E-state index < -0.39 is 0 Å². The second kappa shape index (κ2) is 5.16. The summed E-state index contributed by atoms with van der Waals surface area (Å²) in [6, 6.07) is 8.19. The monoisotopic (exact) mass is 259 g/mol. The summed E-state index contributed by atoms with van der Waals surface area (Å²) >= 11 is 0. The Morgan fingerprint density at radius 2 is 1.95 bits per heavy atom. The standard InChI is InChI=1S/C17H25NO/c1-13(2-3-14-4-8-16(19)9-5-14)18-12-17(10-11-17)15-6-7-15/h4-5,8-9,13,15,18-19H,2-3,6-7,10-12H2,1H3. The average molecular weight is 259 g/mol. The Bertz CT molecular complexity index is 417. The Morgan fingerprint density at radius 3 is 2.53 bits per heavy atom. The van der Waals surface area contributed by atoms with Crippen molar-refractivity contribution < 1.29 is 5.11 Å². The third-order valence-corrected chi connectivity index (χ3v) is 4.94. The molecule has 2 N–H and O–H groups in total. The first-order valence-corrected chi connectivity index (χ1v) is 7.69. The van der Waals surface area contributed by atoms with Crippen LogP contribution in [0.1, 0.15) is 44.6 Å². The van der Waals surface area contributed by atoms with Gasteiger partial charge < -0.3 is 10.4 Å². The summed E-state index contributed by atoms with van der Waals surface area (Å²) in [5.74, 6) is 1.40. The molecule has 0 aliphatic heterocycles. The number of aryl methyl sites for hydroxylation is 1. The molecule has 0 spiro atoms. The molecule has 1 aromatic rings. The number of rotatable bonds is 7. The van der Waals surface area contributed by atoms with E-state index in [1.54, 1.807) is 12.1 Å². The van der Waals surface area contributed by atoms with Crippen LogP contribution in [0.25, 0.3) is 0 Å². The van der Waals surface area contributed by atoms with Gasteiger partial charge in [0.15, 0.2) is 0 Å². The Labute approximate surface area is 116 Å². The molecule has 0 radical (unpaired) electrons. The van der Waals surface area contributed by atoms with Crippen LogP contribution in [0.15, 0.2) is 24.3 Å². The van der Waals surface area contributed by atoms with Gasteiger partial charge in [-0.25, -0.2) is 0 Å². The lowest BCUT2D eigenvalue weighted by atomic mass is 9.99. The molecule has 1 atom stereocenters. The van der Waals surface area contributed by atoms with E-state index in [2.05, 4.69) is 12.2 Å². The SMILES string of the molecule is CC(CCc1ccc(O)cc1)NCC1(C2CC2)CC1. The van der Waals surface area contributed by atoms with E-state index in [1.807, 2.05) is 12.1 Å². The molecule has 2 heteroatoms. The largest absolute Gasteiger partial charge is 0.508 e. The Hall–Kier alpha value is -1.02. The van der Waals surface area contributed by atoms with Crippen LogP contribution >= 0.6 is 0 Å². The summed E-state index contributed by atoms with van der Waals surface area (Å²) in [5.41, 5.74) is 2.02. The van der Waals surface area contributed by atoms with Crippen LogP contribution < -0.4 is 5.32 Å². The molecule has 19 heavy (non-hydrogen) atoms. The third-order valence-electron chi connectivity index (χ3n) is 4.94. The lowest BCUT2D eigenvalue weighted by Crippen LogP contribution is -2.33. The molecule has 2 aliphatic carbocycles. The Kier molecular flexibility index (Phi) is 3.53. The number of phenolic OH excluding ortho intramolecular Hbond substituents is 1. The van der Waals surface area contributed by atoms with Gasteiger partial charge in [0.05, 0.1) is 0 Å². The van der Waals surface area contributed by atoms with E-state index in [0.717, 1.165) is 12.3 Å². The number of hydrogen-bond acceptors (Lipinski definition) is 2. The van der Waals surface area contributed by atoms with Crippen LogP contribution in [0, 0.1) is 11.3 Å². The second-order valence-corrected chi connectivity index (χ2v) is 6.62. The fourth-order valence-electron chi connectivity index (χ4n) is 3.11. The van der Waals surface area contributed by atoms with Crippen molar-refractivity contribution in [3.05, 3.63) is 29.8 Å². The van der Waals surface area contributed by atoms with E-state index in [1.165, 1.54) is 44.2 Å². The molecule has 2 nitrogen and oxygen atoms in total. The Morgan fingerprint density at radius 1 is 1.26 bits per heavy atom. The van der Waals surface area contributed by atoms with E-state index in [-0.39, 0.29) is 0 Å². The van der Waals surface area contributed by atoms with Gasteiger partial charge in [-0.3, -0.25) is 0 Å². The fraction of sp³-hybridized carbons (Fsp3) is 0.647. The summed E-state index contributed by atoms with van der Waals surface area (Å²) in [5, 5.41) is 13.0. The van der Waals surface area contributed by atoms with Gasteiger partial charge in [0, 0.05) is 12.6 Å². The zero-order chi connectivity index (χ0) is 13.3. The molecular weight excluding hydrogens is 234 g/mol. The molecule has 3 rings (SSSR count). The summed E-state index contributed by atoms with van der Waals surface area (Å²) in [6.45, 7) is 3.53. The van der Waals surface area contributed by atoms with Crippen molar-refractivity contribution in [1.82, 2.24) is 5.32 Å². The molecule has 2 saturated carbocycles. The summed E-state index contributed by atoms with van der Waals surface area (Å²) < 4.78 is 0. The molecule has 0 saturated heterocycles. The zero-order valence-electron chi connectivity index (χ0n) is 11.9. The topological polar surface area (TPSA) is 32.3 Å². The van der Waals surface area contributed by atoms with Crippen molar-refractivity contribution in [2.45, 2.75) is 51.5 Å². The summed E-state index contributed by atoms with van der Waals surface area (Å²) in [7, 11) is 0. The van der Waals surface area contributed by atoms with Crippen molar-refractivity contribution in [2.75, 3.05) is 6.54 Å². The molecule has 0 bridgehead atoms. The maximum absolute atomic E-state index is 9.26. The van der Waals surface area contributed by atoms with Crippen molar-refractivity contribution in [1.29, 1.82) is 0 Å². The number of benzene rings is 1. The first-order valence-electron chi connectivity index (χ1n) is 7.69. The highest BCUT2D eigenvalue weighted by atomic mass is 16.3. The maximum atomic E-state index is 9.26. The molecule has 1 unspecified atom stereocenters. The number of nitrogens with one attached hydrogen (secondary N) is 1. The minimum absolute atomic E-state index is 0.357. The number of hydrogen-bond donors (Lipinski definition) is 2. The van der Waals surface area contributed by atoms with Crippen LogP contribution in [0.5, 0.6) is 5.75 Å². The van der Waals surface area contributed by atoms with Gasteiger partial charge in [0.1, 0.15) is 5.75 Å². The molecule has 0 amide bonds. The quantitative estimate of drug-likeness (QED) is 0.785. The van der Waals surface area contributed by atoms with Crippen molar-refractivity contribution >= 4 is 0 Å². The molecule has 2 aliphatic rings. The van der Waals surface area contributed by atoms with Crippen LogP contribution in [-0.4, -0.2) is 17.7 Å². The minimum atomic E-state index is 0.357. The van der Waals surface area contributed by atoms with E-state index in [0.29, 0.717) is 17.2 Å². The molecule has 0 heterocycles. The van der Waals surface area contributed by atoms with Gasteiger partial charge in [-0.05, 0) is 74.5 Å². The van der Waals surface area contributed by atoms with Crippen LogP contribution in [-0.2, 0) is 6.42 Å². The van der Waals surface area contributed by atoms with Gasteiger partial charge in [0.25, 0.3) is 0 Å². The molecule has 104 valence electrons. The van der Waals surface area contributed by atoms with Crippen LogP contribution in [0.4, 0.5) is 0 Å². The maximum Gasteiger partial charge on any atom is 0.115 e. The predicted molar refractivity (Wildman–Crippen MR) is 78.3 cm³/mol. The van der Waals surface area contributed by atoms with Crippen LogP contribution in [0.2, 0.25) is 0 Å². The van der Waals surface area contributed by atoms with E-state index in [9.17, 15) is 5.11 Å². The molecular formula is C17H25NO. The summed E-state index contributed by atoms with van der Waals surface area (Å²) in [6.07, 6.45) is 8.12. The average Bonchev–Trinajstić information content (AvgIpc) is 3.28. The van der Waals surface area contributed by atoms with Crippen molar-refractivity contribution in [3.8, 4) is 5.75 Å². The second-order valence-electron chi connectivity index (χ2n) is 6.62. The van der Waals surface area contributed by atoms with Gasteiger partial charge in [-0.2, -0.15) is 0 Å². The van der Waals surface area contributed by atoms with Crippen LogP contribution in [0.3, 0.4) is 0 Å². The van der Waals surface area contributed by atoms with Crippen molar-refractivity contribution in [2.24, 2.45) is 11.3 Å². The minimum Gasteiger partial charge on any atom is -0.508 e. The highest BCUT2D eigenvalue weighted by Crippen LogP contribution is 2.60. The van der Waals surface area contributed by atoms with E-state index >= 15 is 0 Å². The lowest BCUT2D eigenvalue weighted by Gasteiger charge is -2.19. The molecule has 1 aromatic carbocycles. The predicted octanol–water partition coefficient (Wildman–Crippen LogP) is 3.49. The highest BCUT2D eigenvalue weighted by Gasteiger charge is 2.53. The highest BCUT2D eigenvalue weighted by molar-refractivity contribution is 5.25. The lowest BCUT2D eigenvalue weighted by molar-refractivity contribution is 0.371. The van der Waals surface area contributed by atoms with Gasteiger partial charge >= 0.3 is 0 Å². The number of aromatic hydroxyl groups is 1. The molecule has 0 aromatic heterocycles. The number of phenols is 1. The first kappa shape index (κ1) is 13.0. The van der Waals surface area contributed by atoms with Crippen molar-refractivity contribution in [3.63, 3.8) is 0 Å². The van der Waals surface area contributed by atoms with E-state index in [4.69, 9.17) is 0 Å². The smallest absolute Gasteiger partial charge is 0.115 e.